The molecule has 10 heteroatoms. The van der Waals surface area contributed by atoms with Gasteiger partial charge in [-0.05, 0) is 24.3 Å². The second kappa shape index (κ2) is 7.92. The number of fused-ring (bicyclic) bond motifs is 1. The first-order valence-electron chi connectivity index (χ1n) is 8.84. The van der Waals surface area contributed by atoms with E-state index in [0.717, 1.165) is 0 Å². The van der Waals surface area contributed by atoms with Gasteiger partial charge in [-0.2, -0.15) is 15.0 Å². The van der Waals surface area contributed by atoms with Crippen LogP contribution >= 0.6 is 11.8 Å². The van der Waals surface area contributed by atoms with E-state index in [1.807, 2.05) is 38.4 Å². The van der Waals surface area contributed by atoms with Crippen LogP contribution in [0.15, 0.2) is 57.0 Å². The summed E-state index contributed by atoms with van der Waals surface area (Å²) in [5, 5.41) is 1.11. The molecule has 2 N–H and O–H groups in total. The monoisotopic (exact) mass is 409 g/mol. The molecule has 148 valence electrons. The number of anilines is 2. The smallest absolute Gasteiger partial charge is 0.262 e. The van der Waals surface area contributed by atoms with Crippen LogP contribution in [-0.4, -0.2) is 38.6 Å². The lowest BCUT2D eigenvalue weighted by Gasteiger charge is -2.13. The van der Waals surface area contributed by atoms with E-state index in [2.05, 4.69) is 19.9 Å². The van der Waals surface area contributed by atoms with Gasteiger partial charge in [0.2, 0.25) is 11.9 Å². The Morgan fingerprint density at radius 3 is 2.69 bits per heavy atom. The lowest BCUT2D eigenvalue weighted by atomic mass is 10.2. The summed E-state index contributed by atoms with van der Waals surface area (Å²) >= 11 is 1.36. The summed E-state index contributed by atoms with van der Waals surface area (Å²) in [6.07, 6.45) is 1.58. The van der Waals surface area contributed by atoms with Crippen molar-refractivity contribution in [2.75, 3.05) is 24.7 Å². The van der Waals surface area contributed by atoms with Gasteiger partial charge in [0.05, 0.1) is 29.5 Å². The number of para-hydroxylation sites is 1. The number of thioether (sulfide) groups is 1. The van der Waals surface area contributed by atoms with E-state index < -0.39 is 0 Å². The standard InChI is InChI=1S/C19H19N7O2S/c1-25(2)18-23-15(22-17(20)24-18)11-29-19-21-14-8-4-3-7-13(14)16(27)26(19)10-12-6-5-9-28-12/h3-9H,10-11H2,1-2H3,(H2,20,22,23,24). The summed E-state index contributed by atoms with van der Waals surface area (Å²) in [5.41, 5.74) is 6.32. The van der Waals surface area contributed by atoms with Crippen molar-refractivity contribution in [1.29, 1.82) is 0 Å². The van der Waals surface area contributed by atoms with E-state index in [1.54, 1.807) is 27.9 Å². The number of aromatic nitrogens is 5. The third-order valence-corrected chi connectivity index (χ3v) is 5.11. The maximum Gasteiger partial charge on any atom is 0.262 e. The van der Waals surface area contributed by atoms with Crippen LogP contribution in [-0.2, 0) is 12.3 Å². The number of hydrogen-bond donors (Lipinski definition) is 1. The number of nitrogens with zero attached hydrogens (tertiary/aromatic N) is 6. The van der Waals surface area contributed by atoms with Crippen molar-refractivity contribution < 1.29 is 4.42 Å². The first kappa shape index (κ1) is 18.9. The predicted octanol–water partition coefficient (Wildman–Crippen LogP) is 2.16. The van der Waals surface area contributed by atoms with E-state index in [4.69, 9.17) is 10.2 Å². The van der Waals surface area contributed by atoms with Crippen LogP contribution < -0.4 is 16.2 Å². The highest BCUT2D eigenvalue weighted by Crippen LogP contribution is 2.22. The van der Waals surface area contributed by atoms with Crippen LogP contribution in [0, 0.1) is 0 Å². The molecule has 0 radical (unpaired) electrons. The number of rotatable bonds is 6. The Bertz CT molecular complexity index is 1210. The van der Waals surface area contributed by atoms with E-state index in [0.29, 0.717) is 39.3 Å². The third kappa shape index (κ3) is 4.06. The van der Waals surface area contributed by atoms with Crippen molar-refractivity contribution in [2.24, 2.45) is 0 Å². The molecule has 9 nitrogen and oxygen atoms in total. The van der Waals surface area contributed by atoms with Gasteiger partial charge < -0.3 is 15.1 Å². The quantitative estimate of drug-likeness (QED) is 0.378. The van der Waals surface area contributed by atoms with E-state index in [9.17, 15) is 4.79 Å². The van der Waals surface area contributed by atoms with Gasteiger partial charge in [-0.3, -0.25) is 9.36 Å². The van der Waals surface area contributed by atoms with Gasteiger partial charge in [0.15, 0.2) is 5.16 Å². The van der Waals surface area contributed by atoms with Gasteiger partial charge in [-0.1, -0.05) is 23.9 Å². The summed E-state index contributed by atoms with van der Waals surface area (Å²) in [7, 11) is 3.66. The summed E-state index contributed by atoms with van der Waals surface area (Å²) in [4.78, 5) is 32.2. The van der Waals surface area contributed by atoms with Gasteiger partial charge in [-0.15, -0.1) is 0 Å². The van der Waals surface area contributed by atoms with Crippen LogP contribution in [0.25, 0.3) is 10.9 Å². The first-order chi connectivity index (χ1) is 14.0. The summed E-state index contributed by atoms with van der Waals surface area (Å²) < 4.78 is 7.03. The van der Waals surface area contributed by atoms with Gasteiger partial charge in [-0.25, -0.2) is 4.98 Å². The maximum absolute atomic E-state index is 13.1. The van der Waals surface area contributed by atoms with Crippen molar-refractivity contribution in [3.63, 3.8) is 0 Å². The topological polar surface area (TPSA) is 116 Å². The normalized spacial score (nSPS) is 11.1. The third-order valence-electron chi connectivity index (χ3n) is 4.14. The zero-order valence-electron chi connectivity index (χ0n) is 15.9. The number of nitrogens with two attached hydrogens (primary N) is 1. The van der Waals surface area contributed by atoms with Crippen LogP contribution in [0.3, 0.4) is 0 Å². The molecule has 0 unspecified atom stereocenters. The minimum atomic E-state index is -0.126. The molecule has 0 saturated heterocycles. The average Bonchev–Trinajstić information content (AvgIpc) is 3.21. The molecule has 0 spiro atoms. The number of furan rings is 1. The van der Waals surface area contributed by atoms with Gasteiger partial charge in [0.1, 0.15) is 11.6 Å². The molecule has 0 aliphatic rings. The highest BCUT2D eigenvalue weighted by Gasteiger charge is 2.15. The Morgan fingerprint density at radius 1 is 1.10 bits per heavy atom. The fourth-order valence-corrected chi connectivity index (χ4v) is 3.63. The Morgan fingerprint density at radius 2 is 1.93 bits per heavy atom. The molecule has 3 heterocycles. The minimum Gasteiger partial charge on any atom is -0.467 e. The Kier molecular flexibility index (Phi) is 5.17. The molecule has 0 bridgehead atoms. The van der Waals surface area contributed by atoms with Crippen molar-refractivity contribution in [3.8, 4) is 0 Å². The molecule has 1 aromatic carbocycles. The number of nitrogen functional groups attached to an aromatic ring is 1. The number of hydrogen-bond acceptors (Lipinski definition) is 9. The van der Waals surface area contributed by atoms with Crippen molar-refractivity contribution in [1.82, 2.24) is 24.5 Å². The molecule has 0 aliphatic heterocycles. The molecular formula is C19H19N7O2S. The van der Waals surface area contributed by atoms with Crippen LogP contribution in [0.1, 0.15) is 11.6 Å². The van der Waals surface area contributed by atoms with E-state index in [-0.39, 0.29) is 18.1 Å². The van der Waals surface area contributed by atoms with Gasteiger partial charge >= 0.3 is 0 Å². The Balaban J connectivity index is 1.71. The van der Waals surface area contributed by atoms with Crippen LogP contribution in [0.5, 0.6) is 0 Å². The Hall–Kier alpha value is -3.40. The molecule has 0 atom stereocenters. The lowest BCUT2D eigenvalue weighted by molar-refractivity contribution is 0.476. The van der Waals surface area contributed by atoms with Crippen LogP contribution in [0.2, 0.25) is 0 Å². The second-order valence-corrected chi connectivity index (χ2v) is 7.42. The maximum atomic E-state index is 13.1. The van der Waals surface area contributed by atoms with Gasteiger partial charge in [0, 0.05) is 14.1 Å². The zero-order chi connectivity index (χ0) is 20.4. The Labute approximate surface area is 170 Å². The van der Waals surface area contributed by atoms with Crippen molar-refractivity contribution in [2.45, 2.75) is 17.5 Å². The molecule has 0 saturated carbocycles. The minimum absolute atomic E-state index is 0.126. The second-order valence-electron chi connectivity index (χ2n) is 6.48. The number of benzene rings is 1. The van der Waals surface area contributed by atoms with Crippen molar-refractivity contribution in [3.05, 3.63) is 64.6 Å². The molecule has 3 aromatic heterocycles. The molecule has 4 aromatic rings. The SMILES string of the molecule is CN(C)c1nc(N)nc(CSc2nc3ccccc3c(=O)n2Cc2ccco2)n1. The van der Waals surface area contributed by atoms with E-state index in [1.165, 1.54) is 11.8 Å². The zero-order valence-corrected chi connectivity index (χ0v) is 16.8. The van der Waals surface area contributed by atoms with Crippen molar-refractivity contribution >= 4 is 34.6 Å². The fourth-order valence-electron chi connectivity index (χ4n) is 2.77. The molecule has 29 heavy (non-hydrogen) atoms. The van der Waals surface area contributed by atoms with Gasteiger partial charge in [0.25, 0.3) is 5.56 Å². The lowest BCUT2D eigenvalue weighted by Crippen LogP contribution is -2.24. The van der Waals surface area contributed by atoms with Crippen LogP contribution in [0.4, 0.5) is 11.9 Å². The molecule has 4 rings (SSSR count). The first-order valence-corrected chi connectivity index (χ1v) is 9.82. The predicted molar refractivity (Wildman–Crippen MR) is 112 cm³/mol. The molecular weight excluding hydrogens is 390 g/mol. The molecule has 0 fully saturated rings. The summed E-state index contributed by atoms with van der Waals surface area (Å²) in [6, 6.07) is 10.9. The fraction of sp³-hybridized carbons (Fsp3) is 0.211. The highest BCUT2D eigenvalue weighted by atomic mass is 32.2. The highest BCUT2D eigenvalue weighted by molar-refractivity contribution is 7.98. The average molecular weight is 409 g/mol. The molecule has 0 amide bonds. The summed E-state index contributed by atoms with van der Waals surface area (Å²) in [5.74, 6) is 2.20. The summed E-state index contributed by atoms with van der Waals surface area (Å²) in [6.45, 7) is 0.286. The largest absolute Gasteiger partial charge is 0.467 e. The molecule has 0 aliphatic carbocycles. The van der Waals surface area contributed by atoms with E-state index >= 15 is 0 Å².